The summed E-state index contributed by atoms with van der Waals surface area (Å²) in [5, 5.41) is 17.1. The smallest absolute Gasteiger partial charge is 0.425 e. The van der Waals surface area contributed by atoms with Gasteiger partial charge in [0.15, 0.2) is 0 Å². The Labute approximate surface area is 132 Å². The number of carbonyl (C=O) groups excluding carboxylic acids is 2. The quantitative estimate of drug-likeness (QED) is 0.363. The van der Waals surface area contributed by atoms with Crippen molar-refractivity contribution in [2.45, 2.75) is 50.2 Å². The topological polar surface area (TPSA) is 93.1 Å². The van der Waals surface area contributed by atoms with E-state index in [9.17, 15) is 35.9 Å². The summed E-state index contributed by atoms with van der Waals surface area (Å²) in [6.07, 6.45) is -15.7. The van der Waals surface area contributed by atoms with Gasteiger partial charge >= 0.3 is 24.3 Å². The van der Waals surface area contributed by atoms with Crippen LogP contribution in [0.15, 0.2) is 0 Å². The Hall–Kier alpha value is -1.56. The molecule has 0 saturated heterocycles. The summed E-state index contributed by atoms with van der Waals surface area (Å²) in [4.78, 5) is 21.6. The van der Waals surface area contributed by atoms with Gasteiger partial charge in [0.05, 0.1) is 13.2 Å². The van der Waals surface area contributed by atoms with Gasteiger partial charge in [0.2, 0.25) is 12.2 Å². The van der Waals surface area contributed by atoms with Crippen molar-refractivity contribution in [3.05, 3.63) is 0 Å². The Balaban J connectivity index is 3.69. The Kier molecular flexibility index (Phi) is 9.04. The predicted molar refractivity (Wildman–Crippen MR) is 64.5 cm³/mol. The number of esters is 2. The van der Waals surface area contributed by atoms with Crippen LogP contribution in [-0.2, 0) is 19.1 Å². The molecular weight excluding hydrogens is 354 g/mol. The fourth-order valence-electron chi connectivity index (χ4n) is 1.33. The van der Waals surface area contributed by atoms with Crippen LogP contribution in [-0.4, -0.2) is 59.9 Å². The van der Waals surface area contributed by atoms with Gasteiger partial charge in [0, 0.05) is 0 Å². The molecule has 0 aliphatic carbocycles. The lowest BCUT2D eigenvalue weighted by Crippen LogP contribution is -2.37. The van der Waals surface area contributed by atoms with Crippen molar-refractivity contribution in [3.63, 3.8) is 0 Å². The number of halogens is 6. The van der Waals surface area contributed by atoms with Gasteiger partial charge < -0.3 is 19.7 Å². The first-order valence-electron chi connectivity index (χ1n) is 6.70. The zero-order valence-electron chi connectivity index (χ0n) is 12.2. The van der Waals surface area contributed by atoms with Crippen LogP contribution in [0.5, 0.6) is 0 Å². The molecule has 0 aromatic rings. The maximum atomic E-state index is 11.9. The molecule has 12 heteroatoms. The standard InChI is InChI=1S/C12H16F6O6/c13-11(14,15)7(19)9(21)23-5-3-1-2-4-6-24-10(22)8(20)12(16,17)18/h7-8,19-20H,1-6H2/t7-,8+. The van der Waals surface area contributed by atoms with E-state index < -0.39 is 36.5 Å². The number of aliphatic hydroxyl groups excluding tert-OH is 2. The van der Waals surface area contributed by atoms with Gasteiger partial charge in [0.1, 0.15) is 0 Å². The van der Waals surface area contributed by atoms with Crippen molar-refractivity contribution < 1.29 is 55.6 Å². The van der Waals surface area contributed by atoms with Gasteiger partial charge in [-0.25, -0.2) is 9.59 Å². The average molecular weight is 370 g/mol. The third-order valence-corrected chi connectivity index (χ3v) is 2.59. The van der Waals surface area contributed by atoms with Crippen LogP contribution in [0.3, 0.4) is 0 Å². The van der Waals surface area contributed by atoms with Gasteiger partial charge in [-0.1, -0.05) is 0 Å². The first kappa shape index (κ1) is 22.4. The number of carbonyl (C=O) groups is 2. The van der Waals surface area contributed by atoms with Gasteiger partial charge in [-0.15, -0.1) is 0 Å². The highest BCUT2D eigenvalue weighted by Crippen LogP contribution is 2.21. The Morgan fingerprint density at radius 3 is 1.25 bits per heavy atom. The maximum Gasteiger partial charge on any atom is 0.425 e. The van der Waals surface area contributed by atoms with E-state index in [2.05, 4.69) is 9.47 Å². The maximum absolute atomic E-state index is 11.9. The van der Waals surface area contributed by atoms with Gasteiger partial charge in [0.25, 0.3) is 0 Å². The fourth-order valence-corrected chi connectivity index (χ4v) is 1.33. The Bertz CT molecular complexity index is 370. The second kappa shape index (κ2) is 9.67. The highest BCUT2D eigenvalue weighted by Gasteiger charge is 2.45. The van der Waals surface area contributed by atoms with Crippen LogP contribution >= 0.6 is 0 Å². The van der Waals surface area contributed by atoms with Crippen LogP contribution in [0.2, 0.25) is 0 Å². The molecule has 0 aromatic heterocycles. The summed E-state index contributed by atoms with van der Waals surface area (Å²) in [6, 6.07) is 0. The number of aliphatic hydroxyl groups is 2. The summed E-state index contributed by atoms with van der Waals surface area (Å²) in [5.41, 5.74) is 0. The molecule has 24 heavy (non-hydrogen) atoms. The Morgan fingerprint density at radius 2 is 1.00 bits per heavy atom. The molecule has 2 atom stereocenters. The van der Waals surface area contributed by atoms with E-state index >= 15 is 0 Å². The molecule has 0 unspecified atom stereocenters. The minimum absolute atomic E-state index is 0.148. The van der Waals surface area contributed by atoms with Crippen LogP contribution in [0.1, 0.15) is 25.7 Å². The van der Waals surface area contributed by atoms with Crippen molar-refractivity contribution in [2.24, 2.45) is 0 Å². The average Bonchev–Trinajstić information content (AvgIpc) is 2.45. The lowest BCUT2D eigenvalue weighted by molar-refractivity contribution is -0.219. The Morgan fingerprint density at radius 1 is 0.708 bits per heavy atom. The lowest BCUT2D eigenvalue weighted by atomic mass is 10.2. The largest absolute Gasteiger partial charge is 0.464 e. The number of unbranched alkanes of at least 4 members (excludes halogenated alkanes) is 3. The minimum Gasteiger partial charge on any atom is -0.464 e. The fraction of sp³-hybridized carbons (Fsp3) is 0.833. The monoisotopic (exact) mass is 370 g/mol. The number of alkyl halides is 6. The van der Waals surface area contributed by atoms with Crippen LogP contribution < -0.4 is 0 Å². The van der Waals surface area contributed by atoms with E-state index in [1.165, 1.54) is 0 Å². The highest BCUT2D eigenvalue weighted by molar-refractivity contribution is 5.75. The number of ether oxygens (including phenoxy) is 2. The molecule has 0 rings (SSSR count). The predicted octanol–water partition coefficient (Wildman–Crippen LogP) is 1.48. The molecule has 0 aliphatic rings. The molecule has 0 aliphatic heterocycles. The van der Waals surface area contributed by atoms with Gasteiger partial charge in [-0.2, -0.15) is 26.3 Å². The summed E-state index contributed by atoms with van der Waals surface area (Å²) < 4.78 is 80.0. The summed E-state index contributed by atoms with van der Waals surface area (Å²) in [6.45, 7) is -0.753. The SMILES string of the molecule is O=C(OCCCCCCOC(=O)[C@H](O)C(F)(F)F)[C@@H](O)C(F)(F)F. The highest BCUT2D eigenvalue weighted by atomic mass is 19.4. The molecule has 0 heterocycles. The number of hydrogen-bond acceptors (Lipinski definition) is 6. The van der Waals surface area contributed by atoms with E-state index in [0.29, 0.717) is 12.8 Å². The molecule has 0 fully saturated rings. The molecule has 0 bridgehead atoms. The summed E-state index contributed by atoms with van der Waals surface area (Å²) >= 11 is 0. The zero-order valence-corrected chi connectivity index (χ0v) is 12.2. The molecule has 0 spiro atoms. The van der Waals surface area contributed by atoms with Crippen molar-refractivity contribution in [3.8, 4) is 0 Å². The minimum atomic E-state index is -5.11. The number of hydrogen-bond donors (Lipinski definition) is 2. The lowest BCUT2D eigenvalue weighted by Gasteiger charge is -2.14. The van der Waals surface area contributed by atoms with Crippen molar-refractivity contribution in [1.29, 1.82) is 0 Å². The van der Waals surface area contributed by atoms with Gasteiger partial charge in [-0.3, -0.25) is 0 Å². The molecule has 0 amide bonds. The third kappa shape index (κ3) is 8.91. The third-order valence-electron chi connectivity index (χ3n) is 2.59. The zero-order chi connectivity index (χ0) is 19.0. The molecule has 0 aromatic carbocycles. The molecular formula is C12H16F6O6. The van der Waals surface area contributed by atoms with Crippen LogP contribution in [0.25, 0.3) is 0 Å². The van der Waals surface area contributed by atoms with Gasteiger partial charge in [-0.05, 0) is 25.7 Å². The van der Waals surface area contributed by atoms with E-state index in [4.69, 9.17) is 10.2 Å². The van der Waals surface area contributed by atoms with E-state index in [1.807, 2.05) is 0 Å². The van der Waals surface area contributed by atoms with E-state index in [-0.39, 0.29) is 26.1 Å². The molecule has 0 saturated carbocycles. The second-order valence-electron chi connectivity index (χ2n) is 4.64. The summed E-state index contributed by atoms with van der Waals surface area (Å²) in [7, 11) is 0. The molecule has 0 radical (unpaired) electrons. The van der Waals surface area contributed by atoms with Crippen LogP contribution in [0.4, 0.5) is 26.3 Å². The molecule has 2 N–H and O–H groups in total. The van der Waals surface area contributed by atoms with Crippen molar-refractivity contribution in [1.82, 2.24) is 0 Å². The molecule has 142 valence electrons. The van der Waals surface area contributed by atoms with Crippen molar-refractivity contribution >= 4 is 11.9 Å². The molecule has 6 nitrogen and oxygen atoms in total. The van der Waals surface area contributed by atoms with Crippen molar-refractivity contribution in [2.75, 3.05) is 13.2 Å². The van der Waals surface area contributed by atoms with Crippen LogP contribution in [0, 0.1) is 0 Å². The second-order valence-corrected chi connectivity index (χ2v) is 4.64. The summed E-state index contributed by atoms with van der Waals surface area (Å²) in [5.74, 6) is -3.64. The normalized spacial score (nSPS) is 14.8. The number of rotatable bonds is 9. The van der Waals surface area contributed by atoms with E-state index in [0.717, 1.165) is 0 Å². The first-order chi connectivity index (χ1) is 10.9. The van der Waals surface area contributed by atoms with E-state index in [1.54, 1.807) is 0 Å². The first-order valence-corrected chi connectivity index (χ1v) is 6.70.